The summed E-state index contributed by atoms with van der Waals surface area (Å²) in [6, 6.07) is -0.231. The van der Waals surface area contributed by atoms with Crippen LogP contribution in [0.25, 0.3) is 0 Å². The number of carbonyl (C=O) groups is 2. The van der Waals surface area contributed by atoms with Gasteiger partial charge in [0.2, 0.25) is 5.91 Å². The molecule has 1 atom stereocenters. The molecule has 142 valence electrons. The summed E-state index contributed by atoms with van der Waals surface area (Å²) in [7, 11) is 1.36. The van der Waals surface area contributed by atoms with E-state index in [1.807, 2.05) is 0 Å². The predicted molar refractivity (Wildman–Crippen MR) is 95.5 cm³/mol. The Balaban J connectivity index is 4.02. The molecule has 0 aliphatic carbocycles. The molecule has 0 bridgehead atoms. The summed E-state index contributed by atoms with van der Waals surface area (Å²) in [5, 5.41) is 9.43. The van der Waals surface area contributed by atoms with Gasteiger partial charge < -0.3 is 32.2 Å². The Hall–Kier alpha value is -1.22. The molecule has 0 aromatic heterocycles. The van der Waals surface area contributed by atoms with E-state index >= 15 is 0 Å². The largest absolute Gasteiger partial charge is 0.469 e. The number of nitrogens with two attached hydrogens (primary N) is 2. The Morgan fingerprint density at radius 1 is 0.958 bits per heavy atom. The smallest absolute Gasteiger partial charge is 0.305 e. The molecule has 0 aliphatic heterocycles. The minimum atomic E-state index is -0.259. The van der Waals surface area contributed by atoms with Crippen LogP contribution in [-0.4, -0.2) is 64.3 Å². The highest BCUT2D eigenvalue weighted by atomic mass is 16.5. The number of carbonyl (C=O) groups excluding carboxylic acids is 2. The zero-order chi connectivity index (χ0) is 18.0. The van der Waals surface area contributed by atoms with Gasteiger partial charge in [-0.1, -0.05) is 0 Å². The van der Waals surface area contributed by atoms with Gasteiger partial charge in [-0.15, -0.1) is 0 Å². The first-order chi connectivity index (χ1) is 11.7. The maximum atomic E-state index is 12.3. The molecule has 24 heavy (non-hydrogen) atoms. The molecule has 0 aromatic rings. The average Bonchev–Trinajstić information content (AvgIpc) is 2.59. The van der Waals surface area contributed by atoms with Gasteiger partial charge in [0.05, 0.1) is 13.2 Å². The molecule has 7 N–H and O–H groups in total. The highest BCUT2D eigenvalue weighted by Gasteiger charge is 2.16. The molecular formula is C16H35N5O3. The van der Waals surface area contributed by atoms with Crippen molar-refractivity contribution in [2.45, 2.75) is 44.6 Å². The number of hydrogen-bond acceptors (Lipinski definition) is 7. The molecule has 1 amide bonds. The Morgan fingerprint density at radius 2 is 1.62 bits per heavy atom. The number of methoxy groups -OCH3 is 1. The molecule has 0 spiro atoms. The van der Waals surface area contributed by atoms with Crippen LogP contribution in [0, 0.1) is 0 Å². The van der Waals surface area contributed by atoms with E-state index in [1.54, 1.807) is 0 Å². The molecule has 8 nitrogen and oxygen atoms in total. The van der Waals surface area contributed by atoms with Gasteiger partial charge in [-0.2, -0.15) is 0 Å². The lowest BCUT2D eigenvalue weighted by molar-refractivity contribution is -0.140. The van der Waals surface area contributed by atoms with Crippen LogP contribution >= 0.6 is 0 Å². The van der Waals surface area contributed by atoms with Crippen LogP contribution in [0.4, 0.5) is 0 Å². The second kappa shape index (κ2) is 16.6. The van der Waals surface area contributed by atoms with Gasteiger partial charge in [0.1, 0.15) is 0 Å². The molecule has 8 heteroatoms. The highest BCUT2D eigenvalue weighted by Crippen LogP contribution is 1.99. The first-order valence-electron chi connectivity index (χ1n) is 8.84. The number of amides is 1. The molecule has 1 unspecified atom stereocenters. The summed E-state index contributed by atoms with van der Waals surface area (Å²) in [5.74, 6) is -0.288. The SMILES string of the molecule is COC(=O)CCCNC(=O)C(CCCNCCCN)NCCCN. The van der Waals surface area contributed by atoms with Crippen molar-refractivity contribution in [2.75, 3.05) is 46.4 Å². The van der Waals surface area contributed by atoms with Crippen LogP contribution in [0.2, 0.25) is 0 Å². The van der Waals surface area contributed by atoms with Crippen molar-refractivity contribution in [3.05, 3.63) is 0 Å². The van der Waals surface area contributed by atoms with Crippen molar-refractivity contribution in [1.82, 2.24) is 16.0 Å². The first kappa shape index (κ1) is 22.8. The summed E-state index contributed by atoms with van der Waals surface area (Å²) in [4.78, 5) is 23.3. The van der Waals surface area contributed by atoms with E-state index in [-0.39, 0.29) is 17.9 Å². The minimum Gasteiger partial charge on any atom is -0.469 e. The maximum absolute atomic E-state index is 12.3. The Bertz CT molecular complexity index is 329. The zero-order valence-corrected chi connectivity index (χ0v) is 14.9. The Kier molecular flexibility index (Phi) is 15.8. The third-order valence-electron chi connectivity index (χ3n) is 3.58. The second-order valence-electron chi connectivity index (χ2n) is 5.65. The van der Waals surface area contributed by atoms with E-state index in [9.17, 15) is 9.59 Å². The quantitative estimate of drug-likeness (QED) is 0.181. The van der Waals surface area contributed by atoms with Crippen molar-refractivity contribution >= 4 is 11.9 Å². The van der Waals surface area contributed by atoms with Crippen molar-refractivity contribution in [2.24, 2.45) is 11.5 Å². The number of nitrogens with one attached hydrogen (secondary N) is 3. The zero-order valence-electron chi connectivity index (χ0n) is 14.9. The van der Waals surface area contributed by atoms with E-state index < -0.39 is 0 Å². The standard InChI is InChI=1S/C16H35N5O3/c1-24-15(22)7-3-12-21-16(23)14(20-13-5-9-18)6-2-10-19-11-4-8-17/h14,19-20H,2-13,17-18H2,1H3,(H,21,23). The van der Waals surface area contributed by atoms with E-state index in [2.05, 4.69) is 20.7 Å². The van der Waals surface area contributed by atoms with Gasteiger partial charge in [0.15, 0.2) is 0 Å². The number of ether oxygens (including phenoxy) is 1. The minimum absolute atomic E-state index is 0.0288. The summed E-state index contributed by atoms with van der Waals surface area (Å²) < 4.78 is 4.57. The lowest BCUT2D eigenvalue weighted by atomic mass is 10.1. The fourth-order valence-electron chi connectivity index (χ4n) is 2.16. The van der Waals surface area contributed by atoms with Crippen LogP contribution < -0.4 is 27.4 Å². The van der Waals surface area contributed by atoms with Gasteiger partial charge in [0, 0.05) is 13.0 Å². The Labute approximate surface area is 145 Å². The molecule has 0 saturated carbocycles. The molecule has 0 radical (unpaired) electrons. The lowest BCUT2D eigenvalue weighted by Crippen LogP contribution is -2.45. The maximum Gasteiger partial charge on any atom is 0.305 e. The van der Waals surface area contributed by atoms with E-state index in [0.29, 0.717) is 32.5 Å². The first-order valence-corrected chi connectivity index (χ1v) is 8.84. The van der Waals surface area contributed by atoms with Crippen molar-refractivity contribution in [3.63, 3.8) is 0 Å². The lowest BCUT2D eigenvalue weighted by Gasteiger charge is -2.18. The monoisotopic (exact) mass is 345 g/mol. The van der Waals surface area contributed by atoms with E-state index in [1.165, 1.54) is 7.11 Å². The molecule has 0 aromatic carbocycles. The summed E-state index contributed by atoms with van der Waals surface area (Å²) in [6.45, 7) is 4.24. The summed E-state index contributed by atoms with van der Waals surface area (Å²) in [6.07, 6.45) is 4.34. The van der Waals surface area contributed by atoms with Gasteiger partial charge in [-0.3, -0.25) is 9.59 Å². The predicted octanol–water partition coefficient (Wildman–Crippen LogP) is -0.919. The summed E-state index contributed by atoms with van der Waals surface area (Å²) >= 11 is 0. The normalized spacial score (nSPS) is 12.0. The molecular weight excluding hydrogens is 310 g/mol. The summed E-state index contributed by atoms with van der Waals surface area (Å²) in [5.41, 5.74) is 10.9. The van der Waals surface area contributed by atoms with Crippen LogP contribution in [0.15, 0.2) is 0 Å². The molecule has 0 fully saturated rings. The molecule has 0 saturated heterocycles. The van der Waals surface area contributed by atoms with Gasteiger partial charge in [0.25, 0.3) is 0 Å². The van der Waals surface area contributed by atoms with Gasteiger partial charge in [-0.05, 0) is 64.8 Å². The van der Waals surface area contributed by atoms with Gasteiger partial charge in [-0.25, -0.2) is 0 Å². The second-order valence-corrected chi connectivity index (χ2v) is 5.65. The fraction of sp³-hybridized carbons (Fsp3) is 0.875. The van der Waals surface area contributed by atoms with E-state index in [0.717, 1.165) is 45.3 Å². The molecule has 0 heterocycles. The number of rotatable bonds is 16. The molecule has 0 aliphatic rings. The molecule has 0 rings (SSSR count). The van der Waals surface area contributed by atoms with E-state index in [4.69, 9.17) is 11.5 Å². The van der Waals surface area contributed by atoms with Crippen LogP contribution in [0.5, 0.6) is 0 Å². The average molecular weight is 345 g/mol. The fourth-order valence-corrected chi connectivity index (χ4v) is 2.16. The number of esters is 1. The van der Waals surface area contributed by atoms with Crippen LogP contribution in [-0.2, 0) is 14.3 Å². The van der Waals surface area contributed by atoms with Crippen LogP contribution in [0.1, 0.15) is 38.5 Å². The highest BCUT2D eigenvalue weighted by molar-refractivity contribution is 5.81. The topological polar surface area (TPSA) is 132 Å². The Morgan fingerprint density at radius 3 is 2.29 bits per heavy atom. The van der Waals surface area contributed by atoms with Crippen LogP contribution in [0.3, 0.4) is 0 Å². The van der Waals surface area contributed by atoms with Crippen molar-refractivity contribution in [3.8, 4) is 0 Å². The van der Waals surface area contributed by atoms with Crippen molar-refractivity contribution in [1.29, 1.82) is 0 Å². The van der Waals surface area contributed by atoms with Gasteiger partial charge >= 0.3 is 5.97 Å². The third-order valence-corrected chi connectivity index (χ3v) is 3.58. The number of hydrogen-bond donors (Lipinski definition) is 5. The third kappa shape index (κ3) is 13.2. The van der Waals surface area contributed by atoms with Crippen molar-refractivity contribution < 1.29 is 14.3 Å².